The molecule has 180 valence electrons. The van der Waals surface area contributed by atoms with Crippen molar-refractivity contribution in [1.29, 1.82) is 5.26 Å². The number of hydrogen-bond acceptors (Lipinski definition) is 6. The fraction of sp³-hybridized carbons (Fsp3) is 0.111. The van der Waals surface area contributed by atoms with Gasteiger partial charge >= 0.3 is 0 Å². The van der Waals surface area contributed by atoms with Crippen molar-refractivity contribution < 1.29 is 19.1 Å². The fourth-order valence-electron chi connectivity index (χ4n) is 3.35. The predicted molar refractivity (Wildman–Crippen MR) is 140 cm³/mol. The van der Waals surface area contributed by atoms with Crippen LogP contribution in [0.3, 0.4) is 0 Å². The van der Waals surface area contributed by atoms with Crippen molar-refractivity contribution in [3.8, 4) is 17.6 Å². The second-order valence-electron chi connectivity index (χ2n) is 7.47. The Kier molecular flexibility index (Phi) is 8.06. The Morgan fingerprint density at radius 2 is 1.89 bits per heavy atom. The molecule has 0 radical (unpaired) electrons. The Morgan fingerprint density at radius 3 is 2.64 bits per heavy atom. The normalized spacial score (nSPS) is 15.0. The highest BCUT2D eigenvalue weighted by atomic mass is 35.5. The maximum atomic E-state index is 12.5. The average molecular weight is 518 g/mol. The first-order valence-electron chi connectivity index (χ1n) is 10.9. The van der Waals surface area contributed by atoms with E-state index >= 15 is 0 Å². The van der Waals surface area contributed by atoms with Crippen molar-refractivity contribution >= 4 is 46.4 Å². The summed E-state index contributed by atoms with van der Waals surface area (Å²) in [5, 5.41) is 12.4. The minimum atomic E-state index is -0.444. The largest absolute Gasteiger partial charge is 0.490 e. The molecule has 0 aliphatic carbocycles. The Labute approximate surface area is 217 Å². The average Bonchev–Trinajstić information content (AvgIpc) is 3.22. The molecule has 0 aromatic heterocycles. The van der Waals surface area contributed by atoms with Gasteiger partial charge in [-0.05, 0) is 60.7 Å². The zero-order valence-corrected chi connectivity index (χ0v) is 20.7. The number of benzene rings is 3. The van der Waals surface area contributed by atoms with E-state index in [9.17, 15) is 14.9 Å². The molecule has 3 aromatic rings. The van der Waals surface area contributed by atoms with Gasteiger partial charge in [-0.15, -0.1) is 0 Å². The van der Waals surface area contributed by atoms with Crippen LogP contribution in [0.2, 0.25) is 5.02 Å². The molecule has 4 rings (SSSR count). The molecule has 9 heteroatoms. The first kappa shape index (κ1) is 25.0. The number of halogens is 1. The molecule has 1 heterocycles. The zero-order chi connectivity index (χ0) is 25.5. The summed E-state index contributed by atoms with van der Waals surface area (Å²) in [6, 6.07) is 21.3. The smallest absolute Gasteiger partial charge is 0.279 e. The Balaban J connectivity index is 1.55. The number of amides is 2. The highest BCUT2D eigenvalue weighted by molar-refractivity contribution is 8.18. The van der Waals surface area contributed by atoms with Crippen LogP contribution in [0.4, 0.5) is 0 Å². The molecule has 0 unspecified atom stereocenters. The number of aliphatic imine (C=N–C) groups is 1. The van der Waals surface area contributed by atoms with Gasteiger partial charge in [-0.2, -0.15) is 10.3 Å². The number of nitriles is 1. The van der Waals surface area contributed by atoms with Crippen molar-refractivity contribution in [3.05, 3.63) is 98.9 Å². The van der Waals surface area contributed by atoms with Crippen molar-refractivity contribution in [2.45, 2.75) is 13.5 Å². The van der Waals surface area contributed by atoms with Crippen molar-refractivity contribution in [3.63, 3.8) is 0 Å². The highest BCUT2D eigenvalue weighted by Gasteiger charge is 2.25. The van der Waals surface area contributed by atoms with Crippen molar-refractivity contribution in [1.82, 2.24) is 5.32 Å². The quantitative estimate of drug-likeness (QED) is 0.410. The summed E-state index contributed by atoms with van der Waals surface area (Å²) in [5.74, 6) is -0.0709. The van der Waals surface area contributed by atoms with E-state index in [1.165, 1.54) is 0 Å². The molecule has 3 aromatic carbocycles. The van der Waals surface area contributed by atoms with E-state index < -0.39 is 5.91 Å². The predicted octanol–water partition coefficient (Wildman–Crippen LogP) is 5.59. The summed E-state index contributed by atoms with van der Waals surface area (Å²) in [6.45, 7) is 2.34. The van der Waals surface area contributed by atoms with E-state index in [4.69, 9.17) is 21.1 Å². The number of ether oxygens (including phenoxy) is 2. The lowest BCUT2D eigenvalue weighted by molar-refractivity contribution is -0.115. The SMILES string of the molecule is CCOc1cc(/C=C2\SC(=NC(=O)c3ccccc3)NC2=O)cc(Cl)c1OCc1ccccc1C#N. The lowest BCUT2D eigenvalue weighted by Gasteiger charge is -2.15. The first-order chi connectivity index (χ1) is 17.5. The van der Waals surface area contributed by atoms with Crippen LogP contribution < -0.4 is 14.8 Å². The third kappa shape index (κ3) is 5.95. The van der Waals surface area contributed by atoms with E-state index in [-0.39, 0.29) is 17.7 Å². The lowest BCUT2D eigenvalue weighted by Crippen LogP contribution is -2.20. The van der Waals surface area contributed by atoms with Gasteiger partial charge in [0.1, 0.15) is 6.61 Å². The van der Waals surface area contributed by atoms with E-state index in [2.05, 4.69) is 16.4 Å². The summed E-state index contributed by atoms with van der Waals surface area (Å²) in [6.07, 6.45) is 1.64. The molecule has 0 spiro atoms. The van der Waals surface area contributed by atoms with Crippen molar-refractivity contribution in [2.24, 2.45) is 4.99 Å². The number of nitrogens with one attached hydrogen (secondary N) is 1. The first-order valence-corrected chi connectivity index (χ1v) is 12.1. The minimum absolute atomic E-state index is 0.136. The number of nitrogens with zero attached hydrogens (tertiary/aromatic N) is 2. The molecule has 1 saturated heterocycles. The minimum Gasteiger partial charge on any atom is -0.490 e. The van der Waals surface area contributed by atoms with Gasteiger partial charge in [-0.25, -0.2) is 0 Å². The summed E-state index contributed by atoms with van der Waals surface area (Å²) < 4.78 is 11.7. The maximum Gasteiger partial charge on any atom is 0.279 e. The Bertz CT molecular complexity index is 1410. The molecule has 0 atom stereocenters. The third-order valence-electron chi connectivity index (χ3n) is 5.01. The molecular formula is C27H20ClN3O4S. The molecule has 7 nitrogen and oxygen atoms in total. The summed E-state index contributed by atoms with van der Waals surface area (Å²) in [7, 11) is 0. The van der Waals surface area contributed by atoms with Gasteiger partial charge in [-0.1, -0.05) is 48.0 Å². The summed E-state index contributed by atoms with van der Waals surface area (Å²) in [5.41, 5.74) is 2.28. The molecule has 1 N–H and O–H groups in total. The number of carbonyl (C=O) groups excluding carboxylic acids is 2. The lowest BCUT2D eigenvalue weighted by atomic mass is 10.1. The van der Waals surface area contributed by atoms with Gasteiger partial charge in [0.2, 0.25) is 0 Å². The molecule has 0 saturated carbocycles. The van der Waals surface area contributed by atoms with Gasteiger partial charge in [0.05, 0.1) is 28.2 Å². The van der Waals surface area contributed by atoms with E-state index in [1.54, 1.807) is 60.7 Å². The third-order valence-corrected chi connectivity index (χ3v) is 6.20. The van der Waals surface area contributed by atoms with E-state index in [0.29, 0.717) is 44.7 Å². The molecule has 0 bridgehead atoms. The number of amidine groups is 1. The fourth-order valence-corrected chi connectivity index (χ4v) is 4.44. The van der Waals surface area contributed by atoms with E-state index in [1.807, 2.05) is 19.1 Å². The maximum absolute atomic E-state index is 12.5. The van der Waals surface area contributed by atoms with Gasteiger partial charge in [0, 0.05) is 11.1 Å². The van der Waals surface area contributed by atoms with Crippen LogP contribution in [-0.4, -0.2) is 23.6 Å². The van der Waals surface area contributed by atoms with Crippen LogP contribution in [0.5, 0.6) is 11.5 Å². The van der Waals surface area contributed by atoms with Crippen LogP contribution in [0.15, 0.2) is 76.6 Å². The van der Waals surface area contributed by atoms with Crippen LogP contribution in [0, 0.1) is 11.3 Å². The molecular weight excluding hydrogens is 498 g/mol. The zero-order valence-electron chi connectivity index (χ0n) is 19.2. The molecule has 36 heavy (non-hydrogen) atoms. The molecule has 1 aliphatic rings. The molecule has 1 fully saturated rings. The van der Waals surface area contributed by atoms with Crippen LogP contribution >= 0.6 is 23.4 Å². The van der Waals surface area contributed by atoms with Crippen molar-refractivity contribution in [2.75, 3.05) is 6.61 Å². The topological polar surface area (TPSA) is 101 Å². The van der Waals surface area contributed by atoms with Crippen LogP contribution in [-0.2, 0) is 11.4 Å². The van der Waals surface area contributed by atoms with E-state index in [0.717, 1.165) is 17.3 Å². The van der Waals surface area contributed by atoms with Gasteiger partial charge < -0.3 is 14.8 Å². The van der Waals surface area contributed by atoms with Gasteiger partial charge in [-0.3, -0.25) is 9.59 Å². The highest BCUT2D eigenvalue weighted by Crippen LogP contribution is 2.39. The second kappa shape index (κ2) is 11.6. The Morgan fingerprint density at radius 1 is 1.14 bits per heavy atom. The monoisotopic (exact) mass is 517 g/mol. The second-order valence-corrected chi connectivity index (χ2v) is 8.91. The summed E-state index contributed by atoms with van der Waals surface area (Å²) >= 11 is 7.58. The molecule has 2 amide bonds. The molecule has 1 aliphatic heterocycles. The Hall–Kier alpha value is -4.06. The summed E-state index contributed by atoms with van der Waals surface area (Å²) in [4.78, 5) is 29.2. The number of hydrogen-bond donors (Lipinski definition) is 1. The number of thioether (sulfide) groups is 1. The number of rotatable bonds is 7. The van der Waals surface area contributed by atoms with Gasteiger partial charge in [0.15, 0.2) is 16.7 Å². The van der Waals surface area contributed by atoms with Crippen LogP contribution in [0.25, 0.3) is 6.08 Å². The van der Waals surface area contributed by atoms with Gasteiger partial charge in [0.25, 0.3) is 11.8 Å². The standard InChI is InChI=1S/C27H20ClN3O4S/c1-2-34-22-13-17(12-21(28)24(22)35-16-20-11-7-6-10-19(20)15-29)14-23-26(33)31-27(36-23)30-25(32)18-8-4-3-5-9-18/h3-14H,2,16H2,1H3,(H,30,31,32,33)/b23-14-. The number of carbonyl (C=O) groups is 2. The van der Waals surface area contributed by atoms with Crippen LogP contribution in [0.1, 0.15) is 34.0 Å².